The van der Waals surface area contributed by atoms with Crippen LogP contribution in [0, 0.1) is 6.92 Å². The lowest BCUT2D eigenvalue weighted by atomic mass is 10.3. The van der Waals surface area contributed by atoms with Crippen molar-refractivity contribution in [3.8, 4) is 0 Å². The number of nitrogens with zero attached hydrogens (tertiary/aromatic N) is 3. The highest BCUT2D eigenvalue weighted by Gasteiger charge is 2.13. The Morgan fingerprint density at radius 2 is 2.12 bits per heavy atom. The number of carbonyl (C=O) groups excluding carboxylic acids is 1. The van der Waals surface area contributed by atoms with Crippen molar-refractivity contribution in [2.75, 3.05) is 65.0 Å². The van der Waals surface area contributed by atoms with Crippen LogP contribution in [-0.2, 0) is 9.47 Å². The van der Waals surface area contributed by atoms with Crippen LogP contribution in [0.25, 0.3) is 0 Å². The number of carbonyl (C=O) groups is 1. The summed E-state index contributed by atoms with van der Waals surface area (Å²) in [5.41, 5.74) is 0.388. The number of aromatic nitrogens is 2. The Labute approximate surface area is 142 Å². The minimum Gasteiger partial charge on any atom is -0.385 e. The molecule has 0 radical (unpaired) electrons. The van der Waals surface area contributed by atoms with Crippen molar-refractivity contribution in [1.29, 1.82) is 0 Å². The maximum absolute atomic E-state index is 12.3. The van der Waals surface area contributed by atoms with Crippen LogP contribution in [0.2, 0.25) is 0 Å². The van der Waals surface area contributed by atoms with E-state index in [-0.39, 0.29) is 5.91 Å². The van der Waals surface area contributed by atoms with Crippen LogP contribution in [0.3, 0.4) is 0 Å². The summed E-state index contributed by atoms with van der Waals surface area (Å²) in [6, 6.07) is 1.68. The van der Waals surface area contributed by atoms with Gasteiger partial charge in [-0.3, -0.25) is 9.69 Å². The van der Waals surface area contributed by atoms with Crippen LogP contribution in [0.4, 0.5) is 5.82 Å². The second kappa shape index (κ2) is 10.2. The molecule has 1 aliphatic heterocycles. The third-order valence-corrected chi connectivity index (χ3v) is 3.72. The largest absolute Gasteiger partial charge is 0.385 e. The van der Waals surface area contributed by atoms with Crippen LogP contribution >= 0.6 is 0 Å². The molecule has 0 bridgehead atoms. The molecule has 0 unspecified atom stereocenters. The molecule has 1 aromatic heterocycles. The number of anilines is 1. The fourth-order valence-corrected chi connectivity index (χ4v) is 2.45. The van der Waals surface area contributed by atoms with E-state index >= 15 is 0 Å². The van der Waals surface area contributed by atoms with E-state index in [1.807, 2.05) is 0 Å². The highest BCUT2D eigenvalue weighted by Crippen LogP contribution is 2.07. The van der Waals surface area contributed by atoms with Gasteiger partial charge in [-0.05, 0) is 13.3 Å². The second-order valence-corrected chi connectivity index (χ2v) is 5.67. The SMILES string of the molecule is COCCCNc1cc(C(=O)NCCN2CCOCC2)nc(C)n1. The number of hydrogen-bond acceptors (Lipinski definition) is 7. The first-order chi connectivity index (χ1) is 11.7. The maximum Gasteiger partial charge on any atom is 0.270 e. The van der Waals surface area contributed by atoms with Gasteiger partial charge in [0, 0.05) is 52.5 Å². The molecule has 8 heteroatoms. The molecule has 0 atom stereocenters. The van der Waals surface area contributed by atoms with Crippen molar-refractivity contribution in [3.05, 3.63) is 17.6 Å². The van der Waals surface area contributed by atoms with Crippen molar-refractivity contribution >= 4 is 11.7 Å². The monoisotopic (exact) mass is 337 g/mol. The van der Waals surface area contributed by atoms with Crippen LogP contribution < -0.4 is 10.6 Å². The van der Waals surface area contributed by atoms with Crippen molar-refractivity contribution < 1.29 is 14.3 Å². The molecular weight excluding hydrogens is 310 g/mol. The highest BCUT2D eigenvalue weighted by molar-refractivity contribution is 5.92. The number of ether oxygens (including phenoxy) is 2. The number of aryl methyl sites for hydroxylation is 1. The van der Waals surface area contributed by atoms with Crippen LogP contribution in [0.15, 0.2) is 6.07 Å². The topological polar surface area (TPSA) is 88.6 Å². The van der Waals surface area contributed by atoms with Gasteiger partial charge in [-0.2, -0.15) is 0 Å². The van der Waals surface area contributed by atoms with Gasteiger partial charge in [0.15, 0.2) is 0 Å². The van der Waals surface area contributed by atoms with Gasteiger partial charge in [0.25, 0.3) is 5.91 Å². The maximum atomic E-state index is 12.3. The molecule has 134 valence electrons. The van der Waals surface area contributed by atoms with E-state index in [0.717, 1.165) is 45.8 Å². The molecule has 8 nitrogen and oxygen atoms in total. The lowest BCUT2D eigenvalue weighted by molar-refractivity contribution is 0.0383. The Kier molecular flexibility index (Phi) is 7.87. The van der Waals surface area contributed by atoms with Gasteiger partial charge in [0.2, 0.25) is 0 Å². The molecule has 1 amide bonds. The third kappa shape index (κ3) is 6.38. The number of hydrogen-bond donors (Lipinski definition) is 2. The molecule has 2 heterocycles. The second-order valence-electron chi connectivity index (χ2n) is 5.67. The standard InChI is InChI=1S/C16H27N5O3/c1-13-19-14(12-15(20-13)17-4-3-9-23-2)16(22)18-5-6-21-7-10-24-11-8-21/h12H,3-11H2,1-2H3,(H,18,22)(H,17,19,20). The smallest absolute Gasteiger partial charge is 0.270 e. The Morgan fingerprint density at radius 3 is 2.88 bits per heavy atom. The predicted molar refractivity (Wildman–Crippen MR) is 91.3 cm³/mol. The van der Waals surface area contributed by atoms with Crippen LogP contribution in [0.1, 0.15) is 22.7 Å². The van der Waals surface area contributed by atoms with Gasteiger partial charge in [-0.1, -0.05) is 0 Å². The predicted octanol–water partition coefficient (Wildman–Crippen LogP) is 0.295. The zero-order valence-electron chi connectivity index (χ0n) is 14.5. The molecular formula is C16H27N5O3. The van der Waals surface area contributed by atoms with Gasteiger partial charge in [-0.25, -0.2) is 9.97 Å². The first kappa shape index (κ1) is 18.6. The van der Waals surface area contributed by atoms with Crippen LogP contribution in [-0.4, -0.2) is 80.4 Å². The normalized spacial score (nSPS) is 15.2. The molecule has 2 rings (SSSR count). The van der Waals surface area contributed by atoms with Gasteiger partial charge in [0.05, 0.1) is 13.2 Å². The molecule has 0 aromatic carbocycles. The lowest BCUT2D eigenvalue weighted by Gasteiger charge is -2.26. The molecule has 2 N–H and O–H groups in total. The number of rotatable bonds is 9. The third-order valence-electron chi connectivity index (χ3n) is 3.72. The Morgan fingerprint density at radius 1 is 1.33 bits per heavy atom. The minimum atomic E-state index is -0.172. The molecule has 1 saturated heterocycles. The molecule has 1 aromatic rings. The van der Waals surface area contributed by atoms with E-state index in [9.17, 15) is 4.79 Å². The average molecular weight is 337 g/mol. The summed E-state index contributed by atoms with van der Waals surface area (Å²) in [5.74, 6) is 1.07. The van der Waals surface area contributed by atoms with E-state index in [0.29, 0.717) is 30.5 Å². The zero-order valence-corrected chi connectivity index (χ0v) is 14.5. The Balaban J connectivity index is 1.80. The van der Waals surface area contributed by atoms with Gasteiger partial charge < -0.3 is 20.1 Å². The summed E-state index contributed by atoms with van der Waals surface area (Å²) in [6.07, 6.45) is 0.876. The molecule has 24 heavy (non-hydrogen) atoms. The van der Waals surface area contributed by atoms with Crippen molar-refractivity contribution in [1.82, 2.24) is 20.2 Å². The quantitative estimate of drug-likeness (QED) is 0.626. The average Bonchev–Trinajstić information content (AvgIpc) is 2.59. The number of amides is 1. The lowest BCUT2D eigenvalue weighted by Crippen LogP contribution is -2.41. The number of morpholine rings is 1. The van der Waals surface area contributed by atoms with Crippen molar-refractivity contribution in [3.63, 3.8) is 0 Å². The Hall–Kier alpha value is -1.77. The van der Waals surface area contributed by atoms with E-state index in [4.69, 9.17) is 9.47 Å². The summed E-state index contributed by atoms with van der Waals surface area (Å²) in [4.78, 5) is 23.1. The van der Waals surface area contributed by atoms with E-state index in [2.05, 4.69) is 25.5 Å². The summed E-state index contributed by atoms with van der Waals surface area (Å²) in [5, 5.41) is 6.11. The van der Waals surface area contributed by atoms with Crippen molar-refractivity contribution in [2.24, 2.45) is 0 Å². The van der Waals surface area contributed by atoms with E-state index in [1.165, 1.54) is 0 Å². The molecule has 0 aliphatic carbocycles. The van der Waals surface area contributed by atoms with E-state index < -0.39 is 0 Å². The summed E-state index contributed by atoms with van der Waals surface area (Å²) in [7, 11) is 1.67. The summed E-state index contributed by atoms with van der Waals surface area (Å²) < 4.78 is 10.3. The molecule has 1 aliphatic rings. The van der Waals surface area contributed by atoms with Crippen molar-refractivity contribution in [2.45, 2.75) is 13.3 Å². The first-order valence-corrected chi connectivity index (χ1v) is 8.36. The molecule has 0 saturated carbocycles. The van der Waals surface area contributed by atoms with Crippen LogP contribution in [0.5, 0.6) is 0 Å². The van der Waals surface area contributed by atoms with E-state index in [1.54, 1.807) is 20.1 Å². The fourth-order valence-electron chi connectivity index (χ4n) is 2.45. The minimum absolute atomic E-state index is 0.172. The Bertz CT molecular complexity index is 520. The highest BCUT2D eigenvalue weighted by atomic mass is 16.5. The summed E-state index contributed by atoms with van der Waals surface area (Å²) >= 11 is 0. The van der Waals surface area contributed by atoms with Gasteiger partial charge in [-0.15, -0.1) is 0 Å². The summed E-state index contributed by atoms with van der Waals surface area (Å²) in [6.45, 7) is 7.98. The van der Waals surface area contributed by atoms with Gasteiger partial charge in [0.1, 0.15) is 17.3 Å². The molecule has 1 fully saturated rings. The number of nitrogens with one attached hydrogen (secondary N) is 2. The zero-order chi connectivity index (χ0) is 17.2. The molecule has 0 spiro atoms. The fraction of sp³-hybridized carbons (Fsp3) is 0.688. The number of methoxy groups -OCH3 is 1. The first-order valence-electron chi connectivity index (χ1n) is 8.36. The van der Waals surface area contributed by atoms with Gasteiger partial charge >= 0.3 is 0 Å².